The molecule has 1 amide bonds. The Morgan fingerprint density at radius 1 is 1.45 bits per heavy atom. The first-order chi connectivity index (χ1) is 9.69. The van der Waals surface area contributed by atoms with E-state index in [1.165, 1.54) is 4.70 Å². The molecule has 1 aromatic carbocycles. The minimum Gasteiger partial charge on any atom is -0.356 e. The lowest BCUT2D eigenvalue weighted by molar-refractivity contribution is -0.121. The van der Waals surface area contributed by atoms with Gasteiger partial charge in [0, 0.05) is 13.0 Å². The zero-order valence-corrected chi connectivity index (χ0v) is 12.6. The molecule has 3 N–H and O–H groups in total. The van der Waals surface area contributed by atoms with Gasteiger partial charge in [0.25, 0.3) is 0 Å². The normalized spacial score (nSPS) is 12.5. The zero-order chi connectivity index (χ0) is 14.4. The Kier molecular flexibility index (Phi) is 5.49. The molecule has 1 aromatic heterocycles. The van der Waals surface area contributed by atoms with Crippen molar-refractivity contribution in [2.45, 2.75) is 26.2 Å². The molecule has 20 heavy (non-hydrogen) atoms. The van der Waals surface area contributed by atoms with Gasteiger partial charge in [-0.25, -0.2) is 4.98 Å². The van der Waals surface area contributed by atoms with Gasteiger partial charge in [0.15, 0.2) is 0 Å². The Bertz CT molecular complexity index is 534. The number of amides is 1. The number of aromatic nitrogens is 1. The largest absolute Gasteiger partial charge is 0.356 e. The molecule has 0 radical (unpaired) electrons. The molecule has 1 heterocycles. The summed E-state index contributed by atoms with van der Waals surface area (Å²) < 4.78 is 1.21. The highest BCUT2D eigenvalue weighted by molar-refractivity contribution is 7.18. The number of nitrogens with one attached hydrogen (secondary N) is 1. The van der Waals surface area contributed by atoms with Crippen LogP contribution in [0.2, 0.25) is 0 Å². The molecule has 0 saturated carbocycles. The third-order valence-electron chi connectivity index (χ3n) is 3.18. The molecule has 5 heteroatoms. The van der Waals surface area contributed by atoms with Crippen LogP contribution in [0.15, 0.2) is 24.3 Å². The Hall–Kier alpha value is -1.46. The highest BCUT2D eigenvalue weighted by Crippen LogP contribution is 2.22. The fourth-order valence-corrected chi connectivity index (χ4v) is 2.90. The number of para-hydroxylation sites is 1. The first-order valence-electron chi connectivity index (χ1n) is 7.00. The highest BCUT2D eigenvalue weighted by Gasteiger charge is 2.06. The number of nitrogens with two attached hydrogens (primary N) is 1. The van der Waals surface area contributed by atoms with E-state index < -0.39 is 0 Å². The average molecular weight is 291 g/mol. The molecular weight excluding hydrogens is 270 g/mol. The number of carbonyl (C=O) groups is 1. The summed E-state index contributed by atoms with van der Waals surface area (Å²) in [5, 5.41) is 4.02. The maximum Gasteiger partial charge on any atom is 0.220 e. The van der Waals surface area contributed by atoms with Crippen molar-refractivity contribution in [3.8, 4) is 0 Å². The van der Waals surface area contributed by atoms with E-state index in [9.17, 15) is 4.79 Å². The standard InChI is InChI=1S/C15H21N3OS/c1-11(9-16)10-17-14(19)7-4-8-15-18-12-5-2-3-6-13(12)20-15/h2-3,5-6,11H,4,7-10,16H2,1H3,(H,17,19). The van der Waals surface area contributed by atoms with Crippen LogP contribution >= 0.6 is 11.3 Å². The second-order valence-corrected chi connectivity index (χ2v) is 6.19. The summed E-state index contributed by atoms with van der Waals surface area (Å²) >= 11 is 1.71. The Morgan fingerprint density at radius 3 is 3.00 bits per heavy atom. The summed E-state index contributed by atoms with van der Waals surface area (Å²) in [4.78, 5) is 16.2. The second-order valence-electron chi connectivity index (χ2n) is 5.07. The quantitative estimate of drug-likeness (QED) is 0.822. The number of hydrogen-bond donors (Lipinski definition) is 2. The number of rotatable bonds is 7. The molecule has 0 aliphatic carbocycles. The van der Waals surface area contributed by atoms with Gasteiger partial charge in [0.2, 0.25) is 5.91 Å². The van der Waals surface area contributed by atoms with Crippen molar-refractivity contribution in [1.29, 1.82) is 0 Å². The lowest BCUT2D eigenvalue weighted by Gasteiger charge is -2.09. The van der Waals surface area contributed by atoms with Crippen LogP contribution < -0.4 is 11.1 Å². The summed E-state index contributed by atoms with van der Waals surface area (Å²) in [6.07, 6.45) is 2.25. The molecule has 0 saturated heterocycles. The number of thiazole rings is 1. The van der Waals surface area contributed by atoms with Crippen LogP contribution in [-0.2, 0) is 11.2 Å². The van der Waals surface area contributed by atoms with Gasteiger partial charge in [-0.1, -0.05) is 19.1 Å². The number of nitrogens with zero attached hydrogens (tertiary/aromatic N) is 1. The number of benzene rings is 1. The molecule has 1 unspecified atom stereocenters. The summed E-state index contributed by atoms with van der Waals surface area (Å²) in [5.41, 5.74) is 6.56. The number of hydrogen-bond acceptors (Lipinski definition) is 4. The van der Waals surface area contributed by atoms with Crippen LogP contribution in [0, 0.1) is 5.92 Å². The minimum atomic E-state index is 0.103. The fraction of sp³-hybridized carbons (Fsp3) is 0.467. The lowest BCUT2D eigenvalue weighted by Crippen LogP contribution is -2.31. The van der Waals surface area contributed by atoms with Gasteiger partial charge in [-0.2, -0.15) is 0 Å². The van der Waals surface area contributed by atoms with Crippen molar-refractivity contribution >= 4 is 27.5 Å². The van der Waals surface area contributed by atoms with Crippen molar-refractivity contribution in [1.82, 2.24) is 10.3 Å². The fourth-order valence-electron chi connectivity index (χ4n) is 1.89. The number of carbonyl (C=O) groups excluding carboxylic acids is 1. The number of aryl methyl sites for hydroxylation is 1. The first kappa shape index (κ1) is 14.9. The van der Waals surface area contributed by atoms with Crippen LogP contribution in [0.25, 0.3) is 10.2 Å². The molecule has 2 aromatic rings. The lowest BCUT2D eigenvalue weighted by atomic mass is 10.2. The van der Waals surface area contributed by atoms with Gasteiger partial charge in [0.05, 0.1) is 15.2 Å². The molecule has 4 nitrogen and oxygen atoms in total. The molecule has 0 spiro atoms. The first-order valence-corrected chi connectivity index (χ1v) is 7.82. The summed E-state index contributed by atoms with van der Waals surface area (Å²) in [6, 6.07) is 8.13. The van der Waals surface area contributed by atoms with Gasteiger partial charge in [-0.15, -0.1) is 11.3 Å². The SMILES string of the molecule is CC(CN)CNC(=O)CCCc1nc2ccccc2s1. The third-order valence-corrected chi connectivity index (χ3v) is 4.28. The van der Waals surface area contributed by atoms with E-state index in [-0.39, 0.29) is 5.91 Å². The highest BCUT2D eigenvalue weighted by atomic mass is 32.1. The van der Waals surface area contributed by atoms with E-state index in [4.69, 9.17) is 5.73 Å². The number of fused-ring (bicyclic) bond motifs is 1. The maximum atomic E-state index is 11.7. The van der Waals surface area contributed by atoms with Crippen LogP contribution in [0.1, 0.15) is 24.8 Å². The Labute approximate surface area is 123 Å². The van der Waals surface area contributed by atoms with E-state index in [0.29, 0.717) is 25.4 Å². The van der Waals surface area contributed by atoms with Gasteiger partial charge >= 0.3 is 0 Å². The molecule has 1 atom stereocenters. The molecule has 0 aliphatic rings. The van der Waals surface area contributed by atoms with Crippen LogP contribution in [0.4, 0.5) is 0 Å². The average Bonchev–Trinajstić information content (AvgIpc) is 2.87. The monoisotopic (exact) mass is 291 g/mol. The van der Waals surface area contributed by atoms with E-state index in [0.717, 1.165) is 23.4 Å². The molecular formula is C15H21N3OS. The Morgan fingerprint density at radius 2 is 2.25 bits per heavy atom. The summed E-state index contributed by atoms with van der Waals surface area (Å²) in [6.45, 7) is 3.30. The third kappa shape index (κ3) is 4.28. The van der Waals surface area contributed by atoms with E-state index in [1.54, 1.807) is 11.3 Å². The maximum absolute atomic E-state index is 11.7. The van der Waals surface area contributed by atoms with Gasteiger partial charge in [0.1, 0.15) is 0 Å². The molecule has 108 valence electrons. The summed E-state index contributed by atoms with van der Waals surface area (Å²) in [7, 11) is 0. The molecule has 0 fully saturated rings. The Balaban J connectivity index is 1.74. The van der Waals surface area contributed by atoms with Crippen molar-refractivity contribution in [3.63, 3.8) is 0 Å². The van der Waals surface area contributed by atoms with Crippen molar-refractivity contribution in [3.05, 3.63) is 29.3 Å². The van der Waals surface area contributed by atoms with Crippen molar-refractivity contribution in [2.75, 3.05) is 13.1 Å². The molecule has 0 bridgehead atoms. The van der Waals surface area contributed by atoms with Gasteiger partial charge in [-0.3, -0.25) is 4.79 Å². The van der Waals surface area contributed by atoms with Crippen LogP contribution in [0.3, 0.4) is 0 Å². The van der Waals surface area contributed by atoms with Crippen LogP contribution in [-0.4, -0.2) is 24.0 Å². The van der Waals surface area contributed by atoms with E-state index >= 15 is 0 Å². The zero-order valence-electron chi connectivity index (χ0n) is 11.8. The van der Waals surface area contributed by atoms with Gasteiger partial charge in [-0.05, 0) is 37.4 Å². The van der Waals surface area contributed by atoms with Crippen LogP contribution in [0.5, 0.6) is 0 Å². The van der Waals surface area contributed by atoms with E-state index in [2.05, 4.69) is 16.4 Å². The van der Waals surface area contributed by atoms with E-state index in [1.807, 2.05) is 25.1 Å². The second kappa shape index (κ2) is 7.36. The van der Waals surface area contributed by atoms with Gasteiger partial charge < -0.3 is 11.1 Å². The topological polar surface area (TPSA) is 68.0 Å². The summed E-state index contributed by atoms with van der Waals surface area (Å²) in [5.74, 6) is 0.439. The smallest absolute Gasteiger partial charge is 0.220 e. The molecule has 2 rings (SSSR count). The molecule has 0 aliphatic heterocycles. The van der Waals surface area contributed by atoms with Crippen molar-refractivity contribution in [2.24, 2.45) is 11.7 Å². The predicted molar refractivity (Wildman–Crippen MR) is 83.8 cm³/mol. The van der Waals surface area contributed by atoms with Crippen molar-refractivity contribution < 1.29 is 4.79 Å². The predicted octanol–water partition coefficient (Wildman–Crippen LogP) is 2.33. The minimum absolute atomic E-state index is 0.103.